The standard InChI is InChI=1S/C61H95N13O11/c1-35(2)28-42(49(76)65-44(30-37(5)6)52(79)71-60(12,13)57(84)72-58(8,9)55(82)62-26-23-48(75)69-61(24-19-25-61)34-73(14)15)68-56(83)59(10,11)70-51(78)43(29-36(3)4)66-50(77)45(31-39-32-63-41-21-17-16-20-40(39)41)67-53(80)47-22-18-27-74(47)54(81)46-33-85-38(7)64-46/h16-17,20-21,32-33,35-37,42-45,47,63H,18-19,22-31,34H2,1-15H3,(H,62,82)(H,65,76)(H,66,77)(H,67,80)(H,68,83)(H,69,75)(H,70,78)(H,71,79)(H,72,84)/t42-,43-,44-,45-,47-/m0/s1. The average molecular weight is 1190 g/mol. The Balaban J connectivity index is 1.24. The van der Waals surface area contributed by atoms with Crippen molar-refractivity contribution >= 4 is 70.0 Å². The highest BCUT2D eigenvalue weighted by molar-refractivity contribution is 6.01. The van der Waals surface area contributed by atoms with Gasteiger partial charge in [-0.2, -0.15) is 0 Å². The van der Waals surface area contributed by atoms with Crippen LogP contribution in [0.1, 0.15) is 163 Å². The molecule has 24 nitrogen and oxygen atoms in total. The Morgan fingerprint density at radius 2 is 1.24 bits per heavy atom. The number of H-pyrrole nitrogens is 1. The van der Waals surface area contributed by atoms with Gasteiger partial charge in [0.25, 0.3) is 5.91 Å². The number of hydrogen-bond donors (Lipinski definition) is 10. The molecule has 10 N–H and O–H groups in total. The predicted octanol–water partition coefficient (Wildman–Crippen LogP) is 3.18. The fraction of sp³-hybridized carbons (Fsp3) is 0.656. The zero-order chi connectivity index (χ0) is 63.4. The van der Waals surface area contributed by atoms with E-state index in [0.29, 0.717) is 18.7 Å². The lowest BCUT2D eigenvalue weighted by Gasteiger charge is -2.44. The van der Waals surface area contributed by atoms with Gasteiger partial charge in [-0.3, -0.25) is 47.9 Å². The number of nitrogens with one attached hydrogen (secondary N) is 10. The maximum atomic E-state index is 14.6. The largest absolute Gasteiger partial charge is 0.448 e. The second-order valence-electron chi connectivity index (χ2n) is 26.3. The van der Waals surface area contributed by atoms with E-state index < -0.39 is 100.0 Å². The molecular weight excluding hydrogens is 1090 g/mol. The first-order valence-electron chi connectivity index (χ1n) is 29.8. The van der Waals surface area contributed by atoms with Crippen molar-refractivity contribution in [1.29, 1.82) is 0 Å². The van der Waals surface area contributed by atoms with Gasteiger partial charge in [-0.05, 0) is 136 Å². The zero-order valence-electron chi connectivity index (χ0n) is 52.6. The summed E-state index contributed by atoms with van der Waals surface area (Å²) in [6.07, 6.45) is 7.13. The number of oxazole rings is 1. The molecule has 2 fully saturated rings. The van der Waals surface area contributed by atoms with Crippen molar-refractivity contribution in [2.75, 3.05) is 33.7 Å². The Labute approximate surface area is 500 Å². The summed E-state index contributed by atoms with van der Waals surface area (Å²) in [5, 5.41) is 26.2. The van der Waals surface area contributed by atoms with E-state index in [-0.39, 0.29) is 80.1 Å². The molecule has 1 saturated carbocycles. The molecule has 2 aliphatic rings. The molecule has 0 spiro atoms. The molecule has 5 atom stereocenters. The van der Waals surface area contributed by atoms with E-state index in [1.54, 1.807) is 13.1 Å². The average Bonchev–Trinajstić information content (AvgIpc) is 4.40. The number of likely N-dealkylation sites (tertiary alicyclic amines) is 1. The summed E-state index contributed by atoms with van der Waals surface area (Å²) >= 11 is 0. The van der Waals surface area contributed by atoms with Crippen LogP contribution in [0.3, 0.4) is 0 Å². The molecule has 1 aliphatic heterocycles. The monoisotopic (exact) mass is 1190 g/mol. The van der Waals surface area contributed by atoms with Gasteiger partial charge in [-0.1, -0.05) is 59.7 Å². The number of carbonyl (C=O) groups is 10. The number of carbonyl (C=O) groups excluding carboxylic acids is 10. The van der Waals surface area contributed by atoms with Gasteiger partial charge in [-0.25, -0.2) is 4.98 Å². The Hall–Kier alpha value is -7.37. The summed E-state index contributed by atoms with van der Waals surface area (Å²) in [5.74, 6) is -6.08. The van der Waals surface area contributed by atoms with Gasteiger partial charge in [0.15, 0.2) is 11.6 Å². The smallest absolute Gasteiger partial charge is 0.276 e. The first-order chi connectivity index (χ1) is 39.6. The van der Waals surface area contributed by atoms with Gasteiger partial charge >= 0.3 is 0 Å². The number of hydrogen-bond acceptors (Lipinski definition) is 13. The maximum Gasteiger partial charge on any atom is 0.276 e. The third-order valence-corrected chi connectivity index (χ3v) is 15.4. The number of aromatic nitrogens is 2. The number of nitrogens with zero attached hydrogens (tertiary/aromatic N) is 3. The predicted molar refractivity (Wildman–Crippen MR) is 321 cm³/mol. The van der Waals surface area contributed by atoms with Crippen LogP contribution >= 0.6 is 0 Å². The molecule has 0 unspecified atom stereocenters. The Morgan fingerprint density at radius 1 is 0.694 bits per heavy atom. The van der Waals surface area contributed by atoms with E-state index >= 15 is 0 Å². The van der Waals surface area contributed by atoms with Crippen molar-refractivity contribution in [3.8, 4) is 0 Å². The molecule has 1 saturated heterocycles. The van der Waals surface area contributed by atoms with Crippen molar-refractivity contribution in [1.82, 2.24) is 67.6 Å². The SMILES string of the molecule is Cc1nc(C(=O)N2CCC[C@H]2C(=O)N[C@@H](Cc2c[nH]c3ccccc23)C(=O)N[C@@H](CC(C)C)C(=O)NC(C)(C)C(=O)N[C@@H](CC(C)C)C(=O)N[C@@H](CC(C)C)C(=O)NC(C)(C)C(=O)NC(C)(C)C(=O)NCCC(=O)NC2(CN(C)C)CCC2)co1. The van der Waals surface area contributed by atoms with Crippen LogP contribution in [0.5, 0.6) is 0 Å². The van der Waals surface area contributed by atoms with E-state index in [0.717, 1.165) is 42.3 Å². The fourth-order valence-corrected chi connectivity index (χ4v) is 10.7. The zero-order valence-corrected chi connectivity index (χ0v) is 52.6. The number of amides is 10. The first kappa shape index (κ1) is 68.4. The normalized spacial score (nSPS) is 16.6. The van der Waals surface area contributed by atoms with Crippen molar-refractivity contribution in [2.45, 2.75) is 207 Å². The number of aromatic amines is 1. The van der Waals surface area contributed by atoms with Crippen LogP contribution in [0.25, 0.3) is 10.9 Å². The Kier molecular flexibility index (Phi) is 23.5. The molecule has 85 heavy (non-hydrogen) atoms. The van der Waals surface area contributed by atoms with E-state index in [4.69, 9.17) is 4.42 Å². The molecule has 5 rings (SSSR count). The molecule has 10 amide bonds. The lowest BCUT2D eigenvalue weighted by atomic mass is 9.76. The molecule has 24 heteroatoms. The highest BCUT2D eigenvalue weighted by Crippen LogP contribution is 2.32. The maximum absolute atomic E-state index is 14.6. The summed E-state index contributed by atoms with van der Waals surface area (Å²) in [5.41, 5.74) is -3.42. The lowest BCUT2D eigenvalue weighted by Crippen LogP contribution is -2.65. The van der Waals surface area contributed by atoms with Crippen LogP contribution in [0.2, 0.25) is 0 Å². The van der Waals surface area contributed by atoms with Gasteiger partial charge in [0.1, 0.15) is 53.1 Å². The third-order valence-electron chi connectivity index (χ3n) is 15.4. The molecule has 3 aromatic rings. The van der Waals surface area contributed by atoms with Crippen molar-refractivity contribution in [3.63, 3.8) is 0 Å². The van der Waals surface area contributed by atoms with Gasteiger partial charge in [-0.15, -0.1) is 0 Å². The molecule has 1 aliphatic carbocycles. The van der Waals surface area contributed by atoms with Crippen LogP contribution in [0.15, 0.2) is 41.1 Å². The Morgan fingerprint density at radius 3 is 1.76 bits per heavy atom. The molecule has 3 heterocycles. The number of rotatable bonds is 30. The van der Waals surface area contributed by atoms with E-state index in [1.165, 1.54) is 52.7 Å². The van der Waals surface area contributed by atoms with E-state index in [2.05, 4.69) is 57.8 Å². The van der Waals surface area contributed by atoms with Crippen molar-refractivity contribution in [3.05, 3.63) is 53.9 Å². The molecule has 2 aromatic heterocycles. The molecule has 470 valence electrons. The van der Waals surface area contributed by atoms with Crippen LogP contribution in [0.4, 0.5) is 0 Å². The highest BCUT2D eigenvalue weighted by atomic mass is 16.3. The minimum atomic E-state index is -1.68. The quantitative estimate of drug-likeness (QED) is 0.0459. The molecule has 0 bridgehead atoms. The van der Waals surface area contributed by atoms with E-state index in [1.807, 2.05) is 84.8 Å². The fourth-order valence-electron chi connectivity index (χ4n) is 10.7. The first-order valence-corrected chi connectivity index (χ1v) is 29.8. The minimum absolute atomic E-state index is 0.0157. The van der Waals surface area contributed by atoms with Crippen LogP contribution in [0, 0.1) is 24.7 Å². The van der Waals surface area contributed by atoms with Crippen molar-refractivity contribution < 1.29 is 52.4 Å². The van der Waals surface area contributed by atoms with Gasteiger partial charge in [0.2, 0.25) is 53.2 Å². The van der Waals surface area contributed by atoms with Crippen LogP contribution < -0.4 is 47.9 Å². The molecule has 1 aromatic carbocycles. The number of para-hydroxylation sites is 1. The summed E-state index contributed by atoms with van der Waals surface area (Å²) < 4.78 is 5.26. The van der Waals surface area contributed by atoms with Crippen molar-refractivity contribution in [2.24, 2.45) is 17.8 Å². The number of fused-ring (bicyclic) bond motifs is 1. The summed E-state index contributed by atoms with van der Waals surface area (Å²) in [6, 6.07) is 1.76. The topological polar surface area (TPSA) is 327 Å². The molecule has 0 radical (unpaired) electrons. The lowest BCUT2D eigenvalue weighted by molar-refractivity contribution is -0.139. The second kappa shape index (κ2) is 29.1. The molecular formula is C61H95N13O11. The third kappa shape index (κ3) is 19.3. The van der Waals surface area contributed by atoms with Crippen LogP contribution in [-0.4, -0.2) is 165 Å². The summed E-state index contributed by atoms with van der Waals surface area (Å²) in [4.78, 5) is 150. The van der Waals surface area contributed by atoms with Gasteiger partial charge in [0.05, 0.1) is 5.54 Å². The Bertz CT molecular complexity index is 2880. The minimum Gasteiger partial charge on any atom is -0.448 e. The van der Waals surface area contributed by atoms with Gasteiger partial charge < -0.3 is 67.1 Å². The summed E-state index contributed by atoms with van der Waals surface area (Å²) in [7, 11) is 3.91. The highest BCUT2D eigenvalue weighted by Gasteiger charge is 2.43. The number of aryl methyl sites for hydroxylation is 1. The van der Waals surface area contributed by atoms with Gasteiger partial charge in [0, 0.05) is 56.5 Å². The van der Waals surface area contributed by atoms with Crippen LogP contribution in [-0.2, 0) is 49.6 Å². The second-order valence-corrected chi connectivity index (χ2v) is 26.3. The summed E-state index contributed by atoms with van der Waals surface area (Å²) in [6.45, 7) is 22.6. The number of likely N-dealkylation sites (N-methyl/N-ethyl adjacent to an activating group) is 1. The van der Waals surface area contributed by atoms with E-state index in [9.17, 15) is 47.9 Å². The number of benzene rings is 1.